The Balaban J connectivity index is 1.36. The van der Waals surface area contributed by atoms with Gasteiger partial charge in [0.25, 0.3) is 0 Å². The van der Waals surface area contributed by atoms with E-state index in [1.807, 2.05) is 11.3 Å². The Morgan fingerprint density at radius 2 is 0.932 bits per heavy atom. The maximum atomic E-state index is 6.73. The van der Waals surface area contributed by atoms with Crippen LogP contribution in [0.1, 0.15) is 0 Å². The molecule has 0 aliphatic rings. The Morgan fingerprint density at radius 1 is 0.386 bits per heavy atom. The molecule has 0 saturated carbocycles. The molecule has 0 fully saturated rings. The summed E-state index contributed by atoms with van der Waals surface area (Å²) in [6.45, 7) is 0. The summed E-state index contributed by atoms with van der Waals surface area (Å²) in [6, 6.07) is 52.9. The Labute approximate surface area is 257 Å². The van der Waals surface area contributed by atoms with E-state index in [1.54, 1.807) is 0 Å². The van der Waals surface area contributed by atoms with Crippen molar-refractivity contribution in [2.24, 2.45) is 0 Å². The van der Waals surface area contributed by atoms with Crippen molar-refractivity contribution in [3.8, 4) is 22.3 Å². The SMILES string of the molecule is c1ccc2c(-c3c4ccccc4c(-c4cccc5oc6c(ccc7c8ccccc8sc76)c45)c4ccccc34)cccc2c1. The monoisotopic (exact) mass is 576 g/mol. The number of thiophene rings is 1. The van der Waals surface area contributed by atoms with E-state index < -0.39 is 0 Å². The summed E-state index contributed by atoms with van der Waals surface area (Å²) < 4.78 is 9.24. The number of fused-ring (bicyclic) bond motifs is 10. The van der Waals surface area contributed by atoms with Crippen molar-refractivity contribution in [3.63, 3.8) is 0 Å². The van der Waals surface area contributed by atoms with Gasteiger partial charge in [0.2, 0.25) is 0 Å². The molecular weight excluding hydrogens is 553 g/mol. The lowest BCUT2D eigenvalue weighted by Gasteiger charge is -2.19. The summed E-state index contributed by atoms with van der Waals surface area (Å²) in [7, 11) is 0. The third kappa shape index (κ3) is 3.23. The summed E-state index contributed by atoms with van der Waals surface area (Å²) in [5, 5.41) is 12.4. The van der Waals surface area contributed by atoms with Crippen molar-refractivity contribution in [2.45, 2.75) is 0 Å². The fraction of sp³-hybridized carbons (Fsp3) is 0. The van der Waals surface area contributed by atoms with Crippen LogP contribution in [-0.4, -0.2) is 0 Å². The molecule has 0 spiro atoms. The van der Waals surface area contributed by atoms with Crippen LogP contribution in [0, 0.1) is 0 Å². The second kappa shape index (κ2) is 9.03. The van der Waals surface area contributed by atoms with Gasteiger partial charge < -0.3 is 4.42 Å². The van der Waals surface area contributed by atoms with Crippen LogP contribution in [0.4, 0.5) is 0 Å². The summed E-state index contributed by atoms with van der Waals surface area (Å²) in [5.74, 6) is 0. The zero-order valence-electron chi connectivity index (χ0n) is 23.7. The van der Waals surface area contributed by atoms with Crippen LogP contribution in [0.2, 0.25) is 0 Å². The summed E-state index contributed by atoms with van der Waals surface area (Å²) in [5.41, 5.74) is 6.92. The lowest BCUT2D eigenvalue weighted by atomic mass is 9.84. The molecule has 10 rings (SSSR count). The van der Waals surface area contributed by atoms with Crippen molar-refractivity contribution in [1.82, 2.24) is 0 Å². The largest absolute Gasteiger partial charge is 0.455 e. The Bertz CT molecular complexity index is 2710. The fourth-order valence-electron chi connectivity index (χ4n) is 7.43. The van der Waals surface area contributed by atoms with Crippen LogP contribution in [0.15, 0.2) is 150 Å². The van der Waals surface area contributed by atoms with Gasteiger partial charge >= 0.3 is 0 Å². The third-order valence-electron chi connectivity index (χ3n) is 9.27. The molecule has 2 heteroatoms. The Morgan fingerprint density at radius 3 is 1.68 bits per heavy atom. The number of hydrogen-bond donors (Lipinski definition) is 0. The molecule has 2 aromatic heterocycles. The van der Waals surface area contributed by atoms with Gasteiger partial charge in [0.15, 0.2) is 5.58 Å². The molecule has 0 amide bonds. The van der Waals surface area contributed by atoms with Gasteiger partial charge in [0, 0.05) is 26.2 Å². The molecule has 0 saturated heterocycles. The Hall–Kier alpha value is -5.44. The minimum absolute atomic E-state index is 0.925. The molecule has 44 heavy (non-hydrogen) atoms. The lowest BCUT2D eigenvalue weighted by Crippen LogP contribution is -1.92. The average Bonchev–Trinajstić information content (AvgIpc) is 3.66. The van der Waals surface area contributed by atoms with E-state index >= 15 is 0 Å². The van der Waals surface area contributed by atoms with E-state index in [9.17, 15) is 0 Å². The van der Waals surface area contributed by atoms with Gasteiger partial charge in [-0.2, -0.15) is 0 Å². The lowest BCUT2D eigenvalue weighted by molar-refractivity contribution is 0.673. The smallest absolute Gasteiger partial charge is 0.153 e. The molecule has 10 aromatic rings. The first-order chi connectivity index (χ1) is 21.8. The first-order valence-electron chi connectivity index (χ1n) is 15.0. The molecule has 0 radical (unpaired) electrons. The topological polar surface area (TPSA) is 13.1 Å². The van der Waals surface area contributed by atoms with Crippen molar-refractivity contribution < 1.29 is 4.42 Å². The highest BCUT2D eigenvalue weighted by Crippen LogP contribution is 2.49. The molecule has 8 aromatic carbocycles. The van der Waals surface area contributed by atoms with E-state index in [1.165, 1.54) is 85.5 Å². The minimum Gasteiger partial charge on any atom is -0.455 e. The molecule has 0 aliphatic carbocycles. The quantitative estimate of drug-likeness (QED) is 0.187. The summed E-state index contributed by atoms with van der Waals surface area (Å²) in [6.07, 6.45) is 0. The third-order valence-corrected chi connectivity index (χ3v) is 10.5. The number of benzene rings is 8. The van der Waals surface area contributed by atoms with E-state index in [0.29, 0.717) is 0 Å². The van der Waals surface area contributed by atoms with Crippen LogP contribution >= 0.6 is 11.3 Å². The van der Waals surface area contributed by atoms with Crippen molar-refractivity contribution in [3.05, 3.63) is 146 Å². The van der Waals surface area contributed by atoms with E-state index in [0.717, 1.165) is 11.2 Å². The number of hydrogen-bond acceptors (Lipinski definition) is 2. The highest BCUT2D eigenvalue weighted by Gasteiger charge is 2.22. The van der Waals surface area contributed by atoms with Crippen LogP contribution in [0.3, 0.4) is 0 Å². The van der Waals surface area contributed by atoms with Crippen molar-refractivity contribution in [1.29, 1.82) is 0 Å². The second-order valence-electron chi connectivity index (χ2n) is 11.6. The first kappa shape index (κ1) is 24.0. The molecule has 1 nitrogen and oxygen atoms in total. The molecule has 2 heterocycles. The van der Waals surface area contributed by atoms with Gasteiger partial charge in [-0.25, -0.2) is 0 Å². The standard InChI is InChI=1S/C42H24OS/c1-2-13-26-25(11-1)12-9-19-28(26)38-29-15-3-5-17-31(29)39(32-18-6-4-16-30(32)38)34-20-10-21-36-40(34)35-24-23-33-27-14-7-8-22-37(27)44-42(33)41(35)43-36/h1-24H. The molecular formula is C42H24OS. The van der Waals surface area contributed by atoms with Gasteiger partial charge in [-0.3, -0.25) is 0 Å². The van der Waals surface area contributed by atoms with Gasteiger partial charge in [-0.1, -0.05) is 127 Å². The predicted molar refractivity (Wildman–Crippen MR) is 190 cm³/mol. The van der Waals surface area contributed by atoms with Crippen molar-refractivity contribution in [2.75, 3.05) is 0 Å². The maximum absolute atomic E-state index is 6.73. The molecule has 0 N–H and O–H groups in total. The average molecular weight is 577 g/mol. The molecule has 0 unspecified atom stereocenters. The zero-order chi connectivity index (χ0) is 28.8. The molecule has 0 atom stereocenters. The van der Waals surface area contributed by atoms with Crippen LogP contribution in [-0.2, 0) is 0 Å². The van der Waals surface area contributed by atoms with Gasteiger partial charge in [0.05, 0.1) is 4.70 Å². The maximum Gasteiger partial charge on any atom is 0.153 e. The van der Waals surface area contributed by atoms with Crippen LogP contribution in [0.25, 0.3) is 96.7 Å². The normalized spacial score (nSPS) is 12.1. The minimum atomic E-state index is 0.925. The Kier molecular flexibility index (Phi) is 4.94. The summed E-state index contributed by atoms with van der Waals surface area (Å²) >= 11 is 1.82. The van der Waals surface area contributed by atoms with Crippen LogP contribution in [0.5, 0.6) is 0 Å². The molecule has 204 valence electrons. The fourth-order valence-corrected chi connectivity index (χ4v) is 8.61. The summed E-state index contributed by atoms with van der Waals surface area (Å²) in [4.78, 5) is 0. The first-order valence-corrected chi connectivity index (χ1v) is 15.8. The van der Waals surface area contributed by atoms with Gasteiger partial charge in [-0.05, 0) is 72.8 Å². The van der Waals surface area contributed by atoms with Gasteiger partial charge in [0.1, 0.15) is 5.58 Å². The molecule has 0 aliphatic heterocycles. The van der Waals surface area contributed by atoms with E-state index in [4.69, 9.17) is 4.42 Å². The number of furan rings is 1. The second-order valence-corrected chi connectivity index (χ2v) is 12.6. The van der Waals surface area contributed by atoms with E-state index in [-0.39, 0.29) is 0 Å². The highest BCUT2D eigenvalue weighted by molar-refractivity contribution is 7.26. The van der Waals surface area contributed by atoms with Crippen LogP contribution < -0.4 is 0 Å². The van der Waals surface area contributed by atoms with Gasteiger partial charge in [-0.15, -0.1) is 11.3 Å². The highest BCUT2D eigenvalue weighted by atomic mass is 32.1. The number of rotatable bonds is 2. The van der Waals surface area contributed by atoms with Crippen molar-refractivity contribution >= 4 is 85.8 Å². The predicted octanol–water partition coefficient (Wildman–Crippen LogP) is 12.7. The molecule has 0 bridgehead atoms. The van der Waals surface area contributed by atoms with E-state index in [2.05, 4.69) is 146 Å². The zero-order valence-corrected chi connectivity index (χ0v) is 24.5.